The van der Waals surface area contributed by atoms with Gasteiger partial charge in [-0.2, -0.15) is 8.42 Å². The molecule has 3 aromatic carbocycles. The minimum absolute atomic E-state index is 0.0257. The summed E-state index contributed by atoms with van der Waals surface area (Å²) in [5, 5.41) is 9.65. The third-order valence-electron chi connectivity index (χ3n) is 5.69. The summed E-state index contributed by atoms with van der Waals surface area (Å²) >= 11 is 0. The number of amides is 2. The minimum atomic E-state index is -4.10. The summed E-state index contributed by atoms with van der Waals surface area (Å²) in [5.74, 6) is -1.43. The Morgan fingerprint density at radius 3 is 2.30 bits per heavy atom. The Bertz CT molecular complexity index is 1720. The zero-order valence-electron chi connectivity index (χ0n) is 21.3. The third-order valence-corrected chi connectivity index (χ3v) is 6.99. The first kappa shape index (κ1) is 28.0. The number of primary amides is 1. The molecule has 0 radical (unpaired) electrons. The maximum absolute atomic E-state index is 15.0. The summed E-state index contributed by atoms with van der Waals surface area (Å²) in [7, 11) is -4.10. The standard InChI is InChI=1S/C28H25FN4O6S/c1-19-7-11-23(12-8-19)40(37,38)31-27-14-10-22(17-32(27)18-26(30)34)39-21-9-13-25(24(29)15-21)33(28(35)36)16-20-5-3-2-4-6-20/h2-15,17H,16,18H2,1H3,(H2,30,34)(H,35,36)/b31-27-. The van der Waals surface area contributed by atoms with Gasteiger partial charge in [0.05, 0.1) is 17.1 Å². The number of aromatic nitrogens is 1. The number of rotatable bonds is 9. The van der Waals surface area contributed by atoms with Gasteiger partial charge in [-0.1, -0.05) is 48.0 Å². The number of carbonyl (C=O) groups is 2. The molecule has 0 aliphatic heterocycles. The number of hydrogen-bond acceptors (Lipinski definition) is 5. The lowest BCUT2D eigenvalue weighted by Crippen LogP contribution is -2.29. The van der Waals surface area contributed by atoms with Crippen LogP contribution in [0.1, 0.15) is 11.1 Å². The smallest absolute Gasteiger partial charge is 0.412 e. The molecule has 10 nitrogen and oxygen atoms in total. The van der Waals surface area contributed by atoms with Crippen molar-refractivity contribution in [2.24, 2.45) is 10.1 Å². The number of nitrogens with two attached hydrogens (primary N) is 1. The van der Waals surface area contributed by atoms with Crippen molar-refractivity contribution in [2.75, 3.05) is 4.90 Å². The molecule has 1 heterocycles. The molecule has 0 aliphatic rings. The number of aryl methyl sites for hydroxylation is 1. The predicted octanol–water partition coefficient (Wildman–Crippen LogP) is 4.19. The Morgan fingerprint density at radius 2 is 1.68 bits per heavy atom. The molecule has 2 amide bonds. The lowest BCUT2D eigenvalue weighted by molar-refractivity contribution is -0.118. The monoisotopic (exact) mass is 564 g/mol. The molecule has 0 atom stereocenters. The van der Waals surface area contributed by atoms with E-state index < -0.39 is 34.4 Å². The second-order valence-electron chi connectivity index (χ2n) is 8.77. The number of carbonyl (C=O) groups excluding carboxylic acids is 1. The molecule has 206 valence electrons. The Hall–Kier alpha value is -4.97. The highest BCUT2D eigenvalue weighted by Crippen LogP contribution is 2.28. The van der Waals surface area contributed by atoms with Crippen LogP contribution in [-0.4, -0.2) is 30.1 Å². The van der Waals surface area contributed by atoms with Gasteiger partial charge in [-0.05, 0) is 48.9 Å². The Morgan fingerprint density at radius 1 is 1.00 bits per heavy atom. The van der Waals surface area contributed by atoms with Crippen LogP contribution in [0.5, 0.6) is 11.5 Å². The summed E-state index contributed by atoms with van der Waals surface area (Å²) < 4.78 is 51.4. The minimum Gasteiger partial charge on any atom is -0.465 e. The lowest BCUT2D eigenvalue weighted by Gasteiger charge is -2.20. The first-order chi connectivity index (χ1) is 19.0. The molecule has 40 heavy (non-hydrogen) atoms. The van der Waals surface area contributed by atoms with Crippen LogP contribution in [0, 0.1) is 12.7 Å². The Balaban J connectivity index is 1.62. The van der Waals surface area contributed by atoms with Crippen molar-refractivity contribution in [3.63, 3.8) is 0 Å². The van der Waals surface area contributed by atoms with Gasteiger partial charge in [0.15, 0.2) is 5.82 Å². The van der Waals surface area contributed by atoms with Crippen LogP contribution in [0.3, 0.4) is 0 Å². The van der Waals surface area contributed by atoms with Gasteiger partial charge < -0.3 is 20.1 Å². The number of hydrogen-bond donors (Lipinski definition) is 2. The number of nitrogens with zero attached hydrogens (tertiary/aromatic N) is 3. The van der Waals surface area contributed by atoms with Crippen LogP contribution >= 0.6 is 0 Å². The van der Waals surface area contributed by atoms with E-state index in [9.17, 15) is 23.1 Å². The van der Waals surface area contributed by atoms with Gasteiger partial charge >= 0.3 is 6.09 Å². The van der Waals surface area contributed by atoms with Gasteiger partial charge in [0.2, 0.25) is 5.91 Å². The number of sulfonamides is 1. The average molecular weight is 565 g/mol. The van der Waals surface area contributed by atoms with E-state index in [1.54, 1.807) is 42.5 Å². The molecule has 12 heteroatoms. The lowest BCUT2D eigenvalue weighted by atomic mass is 10.2. The normalized spacial score (nSPS) is 11.7. The van der Waals surface area contributed by atoms with Crippen molar-refractivity contribution in [2.45, 2.75) is 24.9 Å². The van der Waals surface area contributed by atoms with Crippen molar-refractivity contribution < 1.29 is 32.2 Å². The molecule has 4 rings (SSSR count). The number of benzene rings is 3. The summed E-state index contributed by atoms with van der Waals surface area (Å²) in [6.07, 6.45) is -0.0252. The zero-order valence-corrected chi connectivity index (χ0v) is 22.1. The van der Waals surface area contributed by atoms with Crippen molar-refractivity contribution in [3.05, 3.63) is 114 Å². The highest BCUT2D eigenvalue weighted by Gasteiger charge is 2.20. The van der Waals surface area contributed by atoms with Gasteiger partial charge in [0.25, 0.3) is 10.0 Å². The predicted molar refractivity (Wildman–Crippen MR) is 145 cm³/mol. The van der Waals surface area contributed by atoms with Gasteiger partial charge in [-0.15, -0.1) is 4.40 Å². The molecule has 0 unspecified atom stereocenters. The molecule has 1 aromatic heterocycles. The molecule has 0 saturated carbocycles. The zero-order chi connectivity index (χ0) is 28.9. The maximum Gasteiger partial charge on any atom is 0.412 e. The van der Waals surface area contributed by atoms with E-state index in [0.717, 1.165) is 16.5 Å². The summed E-state index contributed by atoms with van der Waals surface area (Å²) in [5.41, 5.74) is 6.65. The van der Waals surface area contributed by atoms with Crippen LogP contribution in [-0.2, 0) is 27.9 Å². The van der Waals surface area contributed by atoms with Gasteiger partial charge in [0, 0.05) is 12.3 Å². The molecule has 0 bridgehead atoms. The fourth-order valence-electron chi connectivity index (χ4n) is 3.77. The molecule has 4 aromatic rings. The first-order valence-electron chi connectivity index (χ1n) is 11.9. The van der Waals surface area contributed by atoms with E-state index in [2.05, 4.69) is 4.40 Å². The van der Waals surface area contributed by atoms with Crippen LogP contribution < -0.4 is 20.9 Å². The van der Waals surface area contributed by atoms with Crippen LogP contribution in [0.25, 0.3) is 0 Å². The molecular weight excluding hydrogens is 539 g/mol. The highest BCUT2D eigenvalue weighted by atomic mass is 32.2. The Kier molecular flexibility index (Phi) is 8.29. The topological polar surface area (TPSA) is 144 Å². The largest absolute Gasteiger partial charge is 0.465 e. The maximum atomic E-state index is 15.0. The SMILES string of the molecule is Cc1ccc(S(=O)(=O)/N=c2/ccc(Oc3ccc(N(Cc4ccccc4)C(=O)O)c(F)c3)cn2CC(N)=O)cc1. The van der Waals surface area contributed by atoms with E-state index in [4.69, 9.17) is 10.5 Å². The summed E-state index contributed by atoms with van der Waals surface area (Å²) in [6.45, 7) is 1.36. The third kappa shape index (κ3) is 6.91. The van der Waals surface area contributed by atoms with E-state index in [1.165, 1.54) is 47.2 Å². The number of pyridine rings is 1. The van der Waals surface area contributed by atoms with E-state index >= 15 is 4.39 Å². The molecule has 0 saturated heterocycles. The van der Waals surface area contributed by atoms with Crippen molar-refractivity contribution in [3.8, 4) is 11.5 Å². The molecule has 0 fully saturated rings. The van der Waals surface area contributed by atoms with Gasteiger partial charge in [0.1, 0.15) is 23.5 Å². The molecule has 0 aliphatic carbocycles. The molecule has 3 N–H and O–H groups in total. The number of halogens is 1. The van der Waals surface area contributed by atoms with Crippen LogP contribution in [0.2, 0.25) is 0 Å². The highest BCUT2D eigenvalue weighted by molar-refractivity contribution is 7.90. The van der Waals surface area contributed by atoms with E-state index in [0.29, 0.717) is 5.56 Å². The fraction of sp³-hybridized carbons (Fsp3) is 0.107. The summed E-state index contributed by atoms with van der Waals surface area (Å²) in [4.78, 5) is 24.3. The van der Waals surface area contributed by atoms with E-state index in [1.807, 2.05) is 6.92 Å². The van der Waals surface area contributed by atoms with Crippen molar-refractivity contribution in [1.29, 1.82) is 0 Å². The van der Waals surface area contributed by atoms with Crippen molar-refractivity contribution >= 4 is 27.7 Å². The van der Waals surface area contributed by atoms with Crippen LogP contribution in [0.15, 0.2) is 100 Å². The van der Waals surface area contributed by atoms with Crippen molar-refractivity contribution in [1.82, 2.24) is 4.57 Å². The fourth-order valence-corrected chi connectivity index (χ4v) is 4.76. The van der Waals surface area contributed by atoms with Gasteiger partial charge in [-0.3, -0.25) is 9.69 Å². The van der Waals surface area contributed by atoms with E-state index in [-0.39, 0.29) is 34.1 Å². The number of carboxylic acid groups (broad SMARTS) is 1. The quantitative estimate of drug-likeness (QED) is 0.312. The second kappa shape index (κ2) is 11.8. The Labute approximate surface area is 229 Å². The molecular formula is C28H25FN4O6S. The second-order valence-corrected chi connectivity index (χ2v) is 10.4. The van der Waals surface area contributed by atoms with Gasteiger partial charge in [-0.25, -0.2) is 9.18 Å². The average Bonchev–Trinajstić information content (AvgIpc) is 2.89. The number of ether oxygens (including phenoxy) is 1. The summed E-state index contributed by atoms with van der Waals surface area (Å²) in [6, 6.07) is 21.3. The first-order valence-corrected chi connectivity index (χ1v) is 13.3. The van der Waals surface area contributed by atoms with Crippen LogP contribution in [0.4, 0.5) is 14.9 Å². The number of anilines is 1. The molecule has 0 spiro atoms.